The monoisotopic (exact) mass is 869 g/mol. The summed E-state index contributed by atoms with van der Waals surface area (Å²) in [6, 6.07) is 82.3. The van der Waals surface area contributed by atoms with E-state index in [1.54, 1.807) is 0 Å². The molecular formula is C61H39N7. The fraction of sp³-hybridized carbons (Fsp3) is 0. The predicted octanol–water partition coefficient (Wildman–Crippen LogP) is 14.9. The highest BCUT2D eigenvalue weighted by Gasteiger charge is 2.21. The first-order valence-corrected chi connectivity index (χ1v) is 22.7. The molecule has 4 aromatic heterocycles. The zero-order chi connectivity index (χ0) is 45.0. The average molecular weight is 870 g/mol. The maximum Gasteiger partial charge on any atom is 0.235 e. The summed E-state index contributed by atoms with van der Waals surface area (Å²) < 4.78 is 4.57. The van der Waals surface area contributed by atoms with Crippen LogP contribution in [0.1, 0.15) is 0 Å². The van der Waals surface area contributed by atoms with E-state index in [9.17, 15) is 0 Å². The second-order valence-electron chi connectivity index (χ2n) is 16.9. The van der Waals surface area contributed by atoms with Crippen molar-refractivity contribution in [3.05, 3.63) is 237 Å². The van der Waals surface area contributed by atoms with E-state index in [-0.39, 0.29) is 0 Å². The van der Waals surface area contributed by atoms with Gasteiger partial charge in [-0.25, -0.2) is 24.9 Å². The predicted molar refractivity (Wildman–Crippen MR) is 277 cm³/mol. The number of fused-ring (bicyclic) bond motifs is 6. The van der Waals surface area contributed by atoms with Crippen molar-refractivity contribution in [3.8, 4) is 79.4 Å². The van der Waals surface area contributed by atoms with E-state index >= 15 is 0 Å². The molecule has 7 heteroatoms. The average Bonchev–Trinajstić information content (AvgIpc) is 3.94. The van der Waals surface area contributed by atoms with Crippen LogP contribution in [0.5, 0.6) is 0 Å². The number of para-hydroxylation sites is 2. The van der Waals surface area contributed by atoms with Crippen molar-refractivity contribution in [1.29, 1.82) is 0 Å². The molecule has 0 aliphatic carbocycles. The van der Waals surface area contributed by atoms with Gasteiger partial charge in [0.2, 0.25) is 5.95 Å². The first-order valence-electron chi connectivity index (χ1n) is 22.7. The Morgan fingerprint density at radius 1 is 0.235 bits per heavy atom. The van der Waals surface area contributed by atoms with E-state index < -0.39 is 0 Å². The molecule has 0 radical (unpaired) electrons. The standard InChI is InChI=1S/C61H39N7/c1-5-18-40(19-6-1)52-39-53(41-20-7-2-8-21-41)63-61(62-52)68-56-34-32-45(44-26-17-27-47(36-44)67-54-30-15-13-28-48(54)49-29-14-16-31-55(49)67)37-50(56)51-38-46(33-35-57(51)68)60-65-58(42-22-9-3-10-23-42)64-59(66-60)43-24-11-4-12-25-43/h1-39H. The number of benzene rings is 9. The molecule has 13 rings (SSSR count). The van der Waals surface area contributed by atoms with E-state index in [0.717, 1.165) is 77.8 Å². The number of rotatable bonds is 8. The van der Waals surface area contributed by atoms with Crippen LogP contribution >= 0.6 is 0 Å². The molecular weight excluding hydrogens is 831 g/mol. The number of aromatic nitrogens is 7. The van der Waals surface area contributed by atoms with Gasteiger partial charge in [-0.2, -0.15) is 0 Å². The zero-order valence-electron chi connectivity index (χ0n) is 36.6. The smallest absolute Gasteiger partial charge is 0.235 e. The lowest BCUT2D eigenvalue weighted by Gasteiger charge is -2.12. The van der Waals surface area contributed by atoms with Crippen molar-refractivity contribution in [3.63, 3.8) is 0 Å². The van der Waals surface area contributed by atoms with Crippen LogP contribution in [0, 0.1) is 0 Å². The molecule has 68 heavy (non-hydrogen) atoms. The summed E-state index contributed by atoms with van der Waals surface area (Å²) in [5.41, 5.74) is 14.0. The van der Waals surface area contributed by atoms with Gasteiger partial charge < -0.3 is 4.57 Å². The van der Waals surface area contributed by atoms with E-state index in [0.29, 0.717) is 23.4 Å². The van der Waals surface area contributed by atoms with Gasteiger partial charge in [-0.15, -0.1) is 0 Å². The molecule has 13 aromatic rings. The third kappa shape index (κ3) is 6.80. The fourth-order valence-electron chi connectivity index (χ4n) is 9.57. The summed E-state index contributed by atoms with van der Waals surface area (Å²) in [7, 11) is 0. The van der Waals surface area contributed by atoms with E-state index in [4.69, 9.17) is 24.9 Å². The summed E-state index contributed by atoms with van der Waals surface area (Å²) in [6.45, 7) is 0. The van der Waals surface area contributed by atoms with E-state index in [1.807, 2.05) is 97.1 Å². The largest absolute Gasteiger partial charge is 0.309 e. The minimum Gasteiger partial charge on any atom is -0.309 e. The third-order valence-electron chi connectivity index (χ3n) is 12.8. The third-order valence-corrected chi connectivity index (χ3v) is 12.8. The molecule has 0 fully saturated rings. The molecule has 0 N–H and O–H groups in total. The lowest BCUT2D eigenvalue weighted by atomic mass is 10.0. The summed E-state index contributed by atoms with van der Waals surface area (Å²) in [5, 5.41) is 4.54. The number of hydrogen-bond donors (Lipinski definition) is 0. The van der Waals surface area contributed by atoms with Crippen molar-refractivity contribution in [1.82, 2.24) is 34.1 Å². The molecule has 0 bridgehead atoms. The topological polar surface area (TPSA) is 74.3 Å². The molecule has 318 valence electrons. The summed E-state index contributed by atoms with van der Waals surface area (Å²) in [4.78, 5) is 25.9. The summed E-state index contributed by atoms with van der Waals surface area (Å²) >= 11 is 0. The molecule has 4 heterocycles. The van der Waals surface area contributed by atoms with Crippen LogP contribution in [-0.4, -0.2) is 34.1 Å². The van der Waals surface area contributed by atoms with Gasteiger partial charge in [-0.05, 0) is 71.8 Å². The van der Waals surface area contributed by atoms with Crippen LogP contribution in [0.2, 0.25) is 0 Å². The maximum atomic E-state index is 5.33. The molecule has 0 saturated heterocycles. The van der Waals surface area contributed by atoms with Crippen LogP contribution in [0.3, 0.4) is 0 Å². The first kappa shape index (κ1) is 39.1. The van der Waals surface area contributed by atoms with Gasteiger partial charge in [0.25, 0.3) is 0 Å². The molecule has 0 atom stereocenters. The van der Waals surface area contributed by atoms with Crippen molar-refractivity contribution in [2.75, 3.05) is 0 Å². The Morgan fingerprint density at radius 2 is 0.632 bits per heavy atom. The SMILES string of the molecule is c1ccc(-c2cc(-c3ccccc3)nc(-n3c4ccc(-c5cccc(-n6c7ccccc7c7ccccc76)c5)cc4c4cc(-c5nc(-c6ccccc6)nc(-c6ccccc6)n5)ccc43)n2)cc1. The Balaban J connectivity index is 1.04. The Labute approximate surface area is 392 Å². The second-order valence-corrected chi connectivity index (χ2v) is 16.9. The highest BCUT2D eigenvalue weighted by molar-refractivity contribution is 6.12. The van der Waals surface area contributed by atoms with Gasteiger partial charge in [-0.3, -0.25) is 4.57 Å². The normalized spacial score (nSPS) is 11.5. The quantitative estimate of drug-likeness (QED) is 0.152. The molecule has 0 saturated carbocycles. The zero-order valence-corrected chi connectivity index (χ0v) is 36.6. The Hall–Kier alpha value is -9.33. The Bertz CT molecular complexity index is 3840. The van der Waals surface area contributed by atoms with Crippen molar-refractivity contribution in [2.45, 2.75) is 0 Å². The van der Waals surface area contributed by atoms with E-state index in [2.05, 4.69) is 149 Å². The maximum absolute atomic E-state index is 5.33. The second kappa shape index (κ2) is 16.3. The van der Waals surface area contributed by atoms with Gasteiger partial charge in [0.1, 0.15) is 0 Å². The highest BCUT2D eigenvalue weighted by atomic mass is 15.2. The van der Waals surface area contributed by atoms with Gasteiger partial charge >= 0.3 is 0 Å². The summed E-state index contributed by atoms with van der Waals surface area (Å²) in [5.74, 6) is 2.39. The molecule has 0 spiro atoms. The lowest BCUT2D eigenvalue weighted by Crippen LogP contribution is -2.04. The fourth-order valence-corrected chi connectivity index (χ4v) is 9.57. The van der Waals surface area contributed by atoms with Crippen molar-refractivity contribution < 1.29 is 0 Å². The first-order chi connectivity index (χ1) is 33.7. The summed E-state index contributed by atoms with van der Waals surface area (Å²) in [6.07, 6.45) is 0. The minimum atomic E-state index is 0.581. The van der Waals surface area contributed by atoms with Crippen LogP contribution in [-0.2, 0) is 0 Å². The highest BCUT2D eigenvalue weighted by Crippen LogP contribution is 2.39. The van der Waals surface area contributed by atoms with E-state index in [1.165, 1.54) is 21.8 Å². The molecule has 7 nitrogen and oxygen atoms in total. The lowest BCUT2D eigenvalue weighted by molar-refractivity contribution is 0.995. The molecule has 0 aliphatic heterocycles. The van der Waals surface area contributed by atoms with Crippen LogP contribution in [0.4, 0.5) is 0 Å². The number of hydrogen-bond acceptors (Lipinski definition) is 5. The van der Waals surface area contributed by atoms with Crippen LogP contribution in [0.25, 0.3) is 123 Å². The van der Waals surface area contributed by atoms with Gasteiger partial charge in [0.05, 0.1) is 33.5 Å². The van der Waals surface area contributed by atoms with Crippen molar-refractivity contribution >= 4 is 43.6 Å². The molecule has 0 amide bonds. The molecule has 0 aliphatic rings. The number of nitrogens with zero attached hydrogens (tertiary/aromatic N) is 7. The Morgan fingerprint density at radius 3 is 1.16 bits per heavy atom. The van der Waals surface area contributed by atoms with Gasteiger partial charge in [0, 0.05) is 55.0 Å². The Kier molecular flexibility index (Phi) is 9.35. The molecule has 9 aromatic carbocycles. The van der Waals surface area contributed by atoms with Gasteiger partial charge in [-0.1, -0.05) is 176 Å². The minimum absolute atomic E-state index is 0.581. The van der Waals surface area contributed by atoms with Crippen molar-refractivity contribution in [2.24, 2.45) is 0 Å². The molecule has 0 unspecified atom stereocenters. The van der Waals surface area contributed by atoms with Crippen LogP contribution < -0.4 is 0 Å². The van der Waals surface area contributed by atoms with Crippen LogP contribution in [0.15, 0.2) is 237 Å². The van der Waals surface area contributed by atoms with Gasteiger partial charge in [0.15, 0.2) is 17.5 Å².